The van der Waals surface area contributed by atoms with Crippen molar-refractivity contribution in [2.75, 3.05) is 37.2 Å². The minimum atomic E-state index is -3.29. The van der Waals surface area contributed by atoms with Crippen molar-refractivity contribution in [3.63, 3.8) is 0 Å². The fraction of sp³-hybridized carbons (Fsp3) is 0.500. The number of amides is 1. The molecule has 4 rings (SSSR count). The van der Waals surface area contributed by atoms with Crippen LogP contribution in [-0.4, -0.2) is 56.6 Å². The van der Waals surface area contributed by atoms with E-state index in [0.29, 0.717) is 23.3 Å². The molecule has 0 atom stereocenters. The summed E-state index contributed by atoms with van der Waals surface area (Å²) >= 11 is 0. The summed E-state index contributed by atoms with van der Waals surface area (Å²) < 4.78 is 30.9. The van der Waals surface area contributed by atoms with E-state index in [1.54, 1.807) is 24.3 Å². The van der Waals surface area contributed by atoms with Crippen LogP contribution in [0.3, 0.4) is 0 Å². The van der Waals surface area contributed by atoms with Crippen LogP contribution in [0.5, 0.6) is 11.5 Å². The fourth-order valence-electron chi connectivity index (χ4n) is 4.78. The highest BCUT2D eigenvalue weighted by Crippen LogP contribution is 2.27. The van der Waals surface area contributed by atoms with Crippen LogP contribution >= 0.6 is 12.4 Å². The van der Waals surface area contributed by atoms with Gasteiger partial charge in [0.1, 0.15) is 11.5 Å². The molecule has 1 heterocycles. The smallest absolute Gasteiger partial charge is 0.229 e. The van der Waals surface area contributed by atoms with E-state index in [-0.39, 0.29) is 12.4 Å². The predicted molar refractivity (Wildman–Crippen MR) is 142 cm³/mol. The number of nitrogens with one attached hydrogen (secondary N) is 1. The number of piperazine rings is 1. The van der Waals surface area contributed by atoms with Gasteiger partial charge in [0.2, 0.25) is 15.9 Å². The van der Waals surface area contributed by atoms with Gasteiger partial charge in [-0.15, -0.1) is 12.4 Å². The molecule has 192 valence electrons. The van der Waals surface area contributed by atoms with Crippen LogP contribution in [0.1, 0.15) is 44.1 Å². The highest BCUT2D eigenvalue weighted by molar-refractivity contribution is 7.92. The summed E-state index contributed by atoms with van der Waals surface area (Å²) in [5.74, 6) is 2.31. The zero-order valence-corrected chi connectivity index (χ0v) is 22.0. The first kappa shape index (κ1) is 27.3. The Bertz CT molecular complexity index is 1050. The molecule has 1 N–H and O–H groups in total. The molecule has 0 spiro atoms. The number of carbonyl (C=O) groups excluding carboxylic acids is 1. The third-order valence-corrected chi connectivity index (χ3v) is 7.24. The second kappa shape index (κ2) is 12.6. The zero-order valence-electron chi connectivity index (χ0n) is 20.3. The molecular formula is C26H36ClN3O4S. The van der Waals surface area contributed by atoms with Gasteiger partial charge in [0.15, 0.2) is 0 Å². The molecule has 1 amide bonds. The number of benzene rings is 2. The Morgan fingerprint density at radius 1 is 0.914 bits per heavy atom. The van der Waals surface area contributed by atoms with Crippen molar-refractivity contribution in [2.45, 2.75) is 45.1 Å². The normalized spacial score (nSPS) is 17.5. The van der Waals surface area contributed by atoms with Gasteiger partial charge in [0.25, 0.3) is 0 Å². The van der Waals surface area contributed by atoms with E-state index in [2.05, 4.69) is 26.7 Å². The maximum absolute atomic E-state index is 12.7. The van der Waals surface area contributed by atoms with E-state index >= 15 is 0 Å². The molecule has 9 heteroatoms. The lowest BCUT2D eigenvalue weighted by Gasteiger charge is -2.35. The molecule has 0 radical (unpaired) electrons. The van der Waals surface area contributed by atoms with E-state index < -0.39 is 10.0 Å². The number of rotatable bonds is 8. The van der Waals surface area contributed by atoms with Crippen molar-refractivity contribution in [2.24, 2.45) is 5.92 Å². The number of nitrogens with zero attached hydrogens (tertiary/aromatic N) is 2. The molecule has 1 saturated heterocycles. The van der Waals surface area contributed by atoms with Crippen LogP contribution in [0.2, 0.25) is 0 Å². The van der Waals surface area contributed by atoms with Gasteiger partial charge >= 0.3 is 0 Å². The monoisotopic (exact) mass is 521 g/mol. The van der Waals surface area contributed by atoms with E-state index in [1.165, 1.54) is 37.7 Å². The number of hydrogen-bond acceptors (Lipinski definition) is 5. The Morgan fingerprint density at radius 2 is 1.49 bits per heavy atom. The first-order valence-electron chi connectivity index (χ1n) is 12.2. The standard InChI is InChI=1S/C26H35N3O4S.ClH/c1-34(31,32)27-23-9-13-25(14-10-23)33-24-11-7-22(8-12-24)20-28-15-17-29(18-16-28)26(30)19-21-5-3-2-4-6-21;/h7-14,21,27H,2-6,15-20H2,1H3;1H. The number of sulfonamides is 1. The van der Waals surface area contributed by atoms with Gasteiger partial charge in [-0.25, -0.2) is 8.42 Å². The van der Waals surface area contributed by atoms with Crippen LogP contribution in [0, 0.1) is 5.92 Å². The highest BCUT2D eigenvalue weighted by atomic mass is 35.5. The first-order chi connectivity index (χ1) is 16.3. The number of hydrogen-bond donors (Lipinski definition) is 1. The second-order valence-electron chi connectivity index (χ2n) is 9.51. The lowest BCUT2D eigenvalue weighted by molar-refractivity contribution is -0.134. The van der Waals surface area contributed by atoms with Crippen LogP contribution in [0.4, 0.5) is 5.69 Å². The van der Waals surface area contributed by atoms with Crippen LogP contribution in [0.25, 0.3) is 0 Å². The molecule has 0 unspecified atom stereocenters. The summed E-state index contributed by atoms with van der Waals surface area (Å²) in [4.78, 5) is 17.1. The predicted octanol–water partition coefficient (Wildman–Crippen LogP) is 4.89. The van der Waals surface area contributed by atoms with Crippen molar-refractivity contribution in [1.29, 1.82) is 0 Å². The van der Waals surface area contributed by atoms with Crippen LogP contribution in [-0.2, 0) is 21.4 Å². The topological polar surface area (TPSA) is 79.0 Å². The maximum atomic E-state index is 12.7. The molecule has 1 aliphatic heterocycles. The Labute approximate surface area is 215 Å². The second-order valence-corrected chi connectivity index (χ2v) is 11.3. The fourth-order valence-corrected chi connectivity index (χ4v) is 5.35. The molecule has 1 saturated carbocycles. The maximum Gasteiger partial charge on any atom is 0.229 e. The summed E-state index contributed by atoms with van der Waals surface area (Å²) in [6, 6.07) is 14.8. The molecule has 2 aromatic rings. The van der Waals surface area contributed by atoms with Crippen molar-refractivity contribution >= 4 is 34.0 Å². The molecule has 7 nitrogen and oxygen atoms in total. The lowest BCUT2D eigenvalue weighted by atomic mass is 9.86. The average Bonchev–Trinajstić information content (AvgIpc) is 2.82. The zero-order chi connectivity index (χ0) is 24.0. The summed E-state index contributed by atoms with van der Waals surface area (Å²) in [5.41, 5.74) is 1.71. The molecule has 1 aliphatic carbocycles. The third-order valence-electron chi connectivity index (χ3n) is 6.64. The van der Waals surface area contributed by atoms with E-state index in [4.69, 9.17) is 4.74 Å². The molecule has 35 heavy (non-hydrogen) atoms. The van der Waals surface area contributed by atoms with E-state index in [9.17, 15) is 13.2 Å². The summed E-state index contributed by atoms with van der Waals surface area (Å²) in [7, 11) is -3.29. The SMILES string of the molecule is CS(=O)(=O)Nc1ccc(Oc2ccc(CN3CCN(C(=O)CC4CCCCC4)CC3)cc2)cc1.Cl. The molecule has 2 aliphatic rings. The van der Waals surface area contributed by atoms with Gasteiger partial charge < -0.3 is 9.64 Å². The van der Waals surface area contributed by atoms with Gasteiger partial charge in [-0.1, -0.05) is 31.4 Å². The quantitative estimate of drug-likeness (QED) is 0.535. The Morgan fingerprint density at radius 3 is 2.06 bits per heavy atom. The molecular weight excluding hydrogens is 486 g/mol. The Kier molecular flexibility index (Phi) is 9.83. The van der Waals surface area contributed by atoms with Gasteiger partial charge in [-0.2, -0.15) is 0 Å². The Hall–Kier alpha value is -2.29. The van der Waals surface area contributed by atoms with Gasteiger partial charge in [-0.05, 0) is 60.7 Å². The van der Waals surface area contributed by atoms with Crippen molar-refractivity contribution in [1.82, 2.24) is 9.80 Å². The minimum Gasteiger partial charge on any atom is -0.457 e. The molecule has 2 fully saturated rings. The molecule has 2 aromatic carbocycles. The molecule has 0 aromatic heterocycles. The van der Waals surface area contributed by atoms with Gasteiger partial charge in [0, 0.05) is 44.8 Å². The summed E-state index contributed by atoms with van der Waals surface area (Å²) in [6.45, 7) is 4.30. The summed E-state index contributed by atoms with van der Waals surface area (Å²) in [6.07, 6.45) is 8.19. The van der Waals surface area contributed by atoms with Gasteiger partial charge in [0.05, 0.1) is 6.26 Å². The number of carbonyl (C=O) groups is 1. The summed E-state index contributed by atoms with van der Waals surface area (Å²) in [5, 5.41) is 0. The van der Waals surface area contributed by atoms with Crippen molar-refractivity contribution in [3.8, 4) is 11.5 Å². The van der Waals surface area contributed by atoms with Crippen molar-refractivity contribution < 1.29 is 17.9 Å². The minimum absolute atomic E-state index is 0. The largest absolute Gasteiger partial charge is 0.457 e. The van der Waals surface area contributed by atoms with Crippen LogP contribution in [0.15, 0.2) is 48.5 Å². The number of anilines is 1. The van der Waals surface area contributed by atoms with Crippen molar-refractivity contribution in [3.05, 3.63) is 54.1 Å². The highest BCUT2D eigenvalue weighted by Gasteiger charge is 2.24. The van der Waals surface area contributed by atoms with Crippen LogP contribution < -0.4 is 9.46 Å². The number of ether oxygens (including phenoxy) is 1. The lowest BCUT2D eigenvalue weighted by Crippen LogP contribution is -2.48. The number of halogens is 1. The third kappa shape index (κ3) is 8.70. The average molecular weight is 522 g/mol. The Balaban J connectivity index is 0.00000342. The van der Waals surface area contributed by atoms with E-state index in [0.717, 1.165) is 51.1 Å². The van der Waals surface area contributed by atoms with E-state index in [1.807, 2.05) is 12.1 Å². The van der Waals surface area contributed by atoms with Gasteiger partial charge in [-0.3, -0.25) is 14.4 Å². The molecule has 0 bridgehead atoms. The first-order valence-corrected chi connectivity index (χ1v) is 14.1.